The first-order valence-electron chi connectivity index (χ1n) is 7.93. The van der Waals surface area contributed by atoms with Gasteiger partial charge >= 0.3 is 0 Å². The number of piperidine rings is 1. The molecule has 2 rings (SSSR count). The van der Waals surface area contributed by atoms with Gasteiger partial charge < -0.3 is 14.5 Å². The first kappa shape index (κ1) is 18.2. The molecular weight excluding hydrogens is 322 g/mol. The second-order valence-electron chi connectivity index (χ2n) is 5.95. The fourth-order valence-electron chi connectivity index (χ4n) is 3.00. The van der Waals surface area contributed by atoms with E-state index in [1.807, 2.05) is 0 Å². The number of hydrogen-bond acceptors (Lipinski definition) is 5. The first-order chi connectivity index (χ1) is 11.0. The largest absolute Gasteiger partial charge is 0.384 e. The Morgan fingerprint density at radius 1 is 1.13 bits per heavy atom. The van der Waals surface area contributed by atoms with Crippen LogP contribution in [0.5, 0.6) is 0 Å². The van der Waals surface area contributed by atoms with Crippen molar-refractivity contribution in [3.8, 4) is 0 Å². The summed E-state index contributed by atoms with van der Waals surface area (Å²) in [7, 11) is -1.82. The molecule has 0 aliphatic carbocycles. The molecule has 2 aliphatic rings. The summed E-state index contributed by atoms with van der Waals surface area (Å²) in [5.74, 6) is -0.0494. The molecule has 2 fully saturated rings. The highest BCUT2D eigenvalue weighted by Gasteiger charge is 2.33. The minimum absolute atomic E-state index is 0.0181. The summed E-state index contributed by atoms with van der Waals surface area (Å²) in [4.78, 5) is 26.7. The number of carbonyl (C=O) groups excluding carboxylic acids is 2. The van der Waals surface area contributed by atoms with Gasteiger partial charge in [-0.3, -0.25) is 9.59 Å². The van der Waals surface area contributed by atoms with E-state index >= 15 is 0 Å². The summed E-state index contributed by atoms with van der Waals surface area (Å²) < 4.78 is 30.5. The van der Waals surface area contributed by atoms with Crippen molar-refractivity contribution in [2.75, 3.05) is 58.7 Å². The number of rotatable bonds is 6. The molecule has 0 N–H and O–H groups in total. The minimum atomic E-state index is -3.29. The number of ether oxygens (including phenoxy) is 1. The zero-order valence-corrected chi connectivity index (χ0v) is 14.3. The van der Waals surface area contributed by atoms with E-state index in [1.165, 1.54) is 11.4 Å². The Morgan fingerprint density at radius 2 is 1.74 bits per heavy atom. The van der Waals surface area contributed by atoms with Crippen molar-refractivity contribution >= 4 is 22.3 Å². The van der Waals surface area contributed by atoms with Crippen LogP contribution in [0.3, 0.4) is 0 Å². The summed E-state index contributed by atoms with van der Waals surface area (Å²) in [6.07, 6.45) is 1.92. The second-order valence-corrected chi connectivity index (χ2v) is 8.04. The Labute approximate surface area is 137 Å². The third-order valence-corrected chi connectivity index (χ3v) is 6.35. The van der Waals surface area contributed by atoms with Gasteiger partial charge in [0, 0.05) is 52.3 Å². The van der Waals surface area contributed by atoms with E-state index < -0.39 is 10.0 Å². The topological polar surface area (TPSA) is 87.2 Å². The molecule has 2 amide bonds. The van der Waals surface area contributed by atoms with Gasteiger partial charge in [-0.25, -0.2) is 12.7 Å². The van der Waals surface area contributed by atoms with Gasteiger partial charge in [-0.05, 0) is 12.8 Å². The average molecular weight is 347 g/mol. The molecule has 0 bridgehead atoms. The Hall–Kier alpha value is -1.19. The monoisotopic (exact) mass is 347 g/mol. The third-order valence-electron chi connectivity index (χ3n) is 4.52. The van der Waals surface area contributed by atoms with Gasteiger partial charge in [0.2, 0.25) is 22.3 Å². The predicted molar refractivity (Wildman–Crippen MR) is 84.2 cm³/mol. The molecule has 0 atom stereocenters. The molecule has 8 nitrogen and oxygen atoms in total. The summed E-state index contributed by atoms with van der Waals surface area (Å²) in [6, 6.07) is 0. The number of piperazine rings is 1. The number of methoxy groups -OCH3 is 1. The summed E-state index contributed by atoms with van der Waals surface area (Å²) >= 11 is 0. The van der Waals surface area contributed by atoms with Crippen molar-refractivity contribution < 1.29 is 22.7 Å². The molecule has 2 aliphatic heterocycles. The van der Waals surface area contributed by atoms with Crippen molar-refractivity contribution in [1.82, 2.24) is 14.1 Å². The zero-order chi connectivity index (χ0) is 16.9. The molecule has 0 spiro atoms. The Morgan fingerprint density at radius 3 is 2.26 bits per heavy atom. The average Bonchev–Trinajstić information content (AvgIpc) is 2.59. The molecule has 0 aromatic rings. The molecule has 0 aromatic heterocycles. The zero-order valence-electron chi connectivity index (χ0n) is 13.5. The van der Waals surface area contributed by atoms with Gasteiger partial charge in [-0.2, -0.15) is 0 Å². The standard InChI is InChI=1S/C14H25N3O5S/c1-22-10-11-23(20,21)17-4-2-13(3-5-17)14(19)16-8-6-15(12-18)7-9-16/h12-13H,2-11H2,1H3. The van der Waals surface area contributed by atoms with E-state index in [-0.39, 0.29) is 24.2 Å². The van der Waals surface area contributed by atoms with Crippen LogP contribution in [0.15, 0.2) is 0 Å². The van der Waals surface area contributed by atoms with Gasteiger partial charge in [0.1, 0.15) is 0 Å². The van der Waals surface area contributed by atoms with E-state index in [4.69, 9.17) is 4.74 Å². The van der Waals surface area contributed by atoms with Gasteiger partial charge in [-0.15, -0.1) is 0 Å². The fourth-order valence-corrected chi connectivity index (χ4v) is 4.41. The maximum atomic E-state index is 12.5. The van der Waals surface area contributed by atoms with Crippen LogP contribution in [0, 0.1) is 5.92 Å². The molecule has 9 heteroatoms. The van der Waals surface area contributed by atoms with Crippen LogP contribution in [0.4, 0.5) is 0 Å². The highest BCUT2D eigenvalue weighted by molar-refractivity contribution is 7.89. The number of sulfonamides is 1. The quantitative estimate of drug-likeness (QED) is 0.574. The van der Waals surface area contributed by atoms with Crippen LogP contribution in [-0.4, -0.2) is 93.6 Å². The number of hydrogen-bond donors (Lipinski definition) is 0. The Bertz CT molecular complexity index is 509. The molecule has 2 heterocycles. The van der Waals surface area contributed by atoms with Crippen LogP contribution in [0.2, 0.25) is 0 Å². The van der Waals surface area contributed by atoms with Crippen molar-refractivity contribution in [1.29, 1.82) is 0 Å². The number of amides is 2. The predicted octanol–water partition coefficient (Wildman–Crippen LogP) is -1.02. The maximum Gasteiger partial charge on any atom is 0.225 e. The van der Waals surface area contributed by atoms with Crippen LogP contribution in [-0.2, 0) is 24.3 Å². The van der Waals surface area contributed by atoms with E-state index in [1.54, 1.807) is 9.80 Å². The van der Waals surface area contributed by atoms with E-state index in [0.29, 0.717) is 52.1 Å². The molecule has 0 saturated carbocycles. The van der Waals surface area contributed by atoms with Crippen molar-refractivity contribution in [3.63, 3.8) is 0 Å². The SMILES string of the molecule is COCCS(=O)(=O)N1CCC(C(=O)N2CCN(C=O)CC2)CC1. The molecular formula is C14H25N3O5S. The van der Waals surface area contributed by atoms with Gasteiger partial charge in [0.25, 0.3) is 0 Å². The minimum Gasteiger partial charge on any atom is -0.384 e. The molecule has 0 aromatic carbocycles. The molecule has 23 heavy (non-hydrogen) atoms. The third kappa shape index (κ3) is 4.65. The molecule has 132 valence electrons. The van der Waals surface area contributed by atoms with E-state index in [0.717, 1.165) is 6.41 Å². The van der Waals surface area contributed by atoms with Crippen molar-refractivity contribution in [2.45, 2.75) is 12.8 Å². The second kappa shape index (κ2) is 8.07. The lowest BCUT2D eigenvalue weighted by atomic mass is 9.96. The molecule has 2 saturated heterocycles. The summed E-state index contributed by atoms with van der Waals surface area (Å²) in [5, 5.41) is 0. The first-order valence-corrected chi connectivity index (χ1v) is 9.53. The van der Waals surface area contributed by atoms with Crippen LogP contribution < -0.4 is 0 Å². The normalized spacial score (nSPS) is 21.4. The number of nitrogens with zero attached hydrogens (tertiary/aromatic N) is 3. The van der Waals surface area contributed by atoms with Gasteiger partial charge in [-0.1, -0.05) is 0 Å². The highest BCUT2D eigenvalue weighted by Crippen LogP contribution is 2.22. The van der Waals surface area contributed by atoms with Crippen LogP contribution in [0.1, 0.15) is 12.8 Å². The smallest absolute Gasteiger partial charge is 0.225 e. The summed E-state index contributed by atoms with van der Waals surface area (Å²) in [6.45, 7) is 3.21. The van der Waals surface area contributed by atoms with Crippen LogP contribution in [0.25, 0.3) is 0 Å². The molecule has 0 unspecified atom stereocenters. The highest BCUT2D eigenvalue weighted by atomic mass is 32.2. The Kier molecular flexibility index (Phi) is 6.37. The van der Waals surface area contributed by atoms with E-state index in [9.17, 15) is 18.0 Å². The maximum absolute atomic E-state index is 12.5. The van der Waals surface area contributed by atoms with Gasteiger partial charge in [0.05, 0.1) is 12.4 Å². The lowest BCUT2D eigenvalue weighted by molar-refractivity contribution is -0.140. The van der Waals surface area contributed by atoms with Crippen molar-refractivity contribution in [3.05, 3.63) is 0 Å². The fraction of sp³-hybridized carbons (Fsp3) is 0.857. The number of carbonyl (C=O) groups is 2. The van der Waals surface area contributed by atoms with Crippen molar-refractivity contribution in [2.24, 2.45) is 5.92 Å². The van der Waals surface area contributed by atoms with Gasteiger partial charge in [0.15, 0.2) is 0 Å². The van der Waals surface area contributed by atoms with E-state index in [2.05, 4.69) is 0 Å². The van der Waals surface area contributed by atoms with Crippen LogP contribution >= 0.6 is 0 Å². The lowest BCUT2D eigenvalue weighted by Crippen LogP contribution is -2.51. The molecule has 0 radical (unpaired) electrons. The summed E-state index contributed by atoms with van der Waals surface area (Å²) in [5.41, 5.74) is 0. The lowest BCUT2D eigenvalue weighted by Gasteiger charge is -2.37. The Balaban J connectivity index is 1.82.